The average molecular weight is 391 g/mol. The molecule has 0 aliphatic carbocycles. The monoisotopic (exact) mass is 391 g/mol. The smallest absolute Gasteiger partial charge is 0.250 e. The number of fused-ring (bicyclic) bond motifs is 1. The lowest BCUT2D eigenvalue weighted by Gasteiger charge is -2.32. The van der Waals surface area contributed by atoms with Gasteiger partial charge < -0.3 is 14.0 Å². The van der Waals surface area contributed by atoms with Gasteiger partial charge in [0.15, 0.2) is 5.82 Å². The van der Waals surface area contributed by atoms with Crippen molar-refractivity contribution < 1.29 is 4.79 Å². The topological polar surface area (TPSA) is 73.0 Å². The number of rotatable bonds is 5. The van der Waals surface area contributed by atoms with Crippen LogP contribution in [0.3, 0.4) is 0 Å². The van der Waals surface area contributed by atoms with Crippen molar-refractivity contribution in [1.82, 2.24) is 24.2 Å². The minimum absolute atomic E-state index is 0.0332. The van der Waals surface area contributed by atoms with Crippen LogP contribution in [-0.4, -0.2) is 36.7 Å². The molecule has 150 valence electrons. The van der Waals surface area contributed by atoms with Gasteiger partial charge in [-0.25, -0.2) is 0 Å². The van der Waals surface area contributed by atoms with Crippen LogP contribution in [0.1, 0.15) is 42.3 Å². The normalized spacial score (nSPS) is 15.9. The molecule has 1 amide bonds. The Morgan fingerprint density at radius 2 is 1.90 bits per heavy atom. The van der Waals surface area contributed by atoms with Gasteiger partial charge in [0, 0.05) is 37.7 Å². The predicted octanol–water partition coefficient (Wildman–Crippen LogP) is 2.33. The molecular formula is C22H25N5O2. The number of aryl methyl sites for hydroxylation is 1. The summed E-state index contributed by atoms with van der Waals surface area (Å²) in [5.74, 6) is 1.78. The highest BCUT2D eigenvalue weighted by Crippen LogP contribution is 2.23. The number of nitrogens with zero attached hydrogens (tertiary/aromatic N) is 5. The first-order valence-corrected chi connectivity index (χ1v) is 9.93. The van der Waals surface area contributed by atoms with Gasteiger partial charge in [0.25, 0.3) is 5.56 Å². The minimum Gasteiger partial charge on any atom is -0.333 e. The molecule has 0 bridgehead atoms. The van der Waals surface area contributed by atoms with Crippen molar-refractivity contribution in [2.24, 2.45) is 0 Å². The third-order valence-electron chi connectivity index (χ3n) is 5.47. The van der Waals surface area contributed by atoms with Crippen LogP contribution in [0.2, 0.25) is 0 Å². The van der Waals surface area contributed by atoms with E-state index in [0.29, 0.717) is 26.1 Å². The van der Waals surface area contributed by atoms with E-state index in [1.807, 2.05) is 36.1 Å². The van der Waals surface area contributed by atoms with Crippen LogP contribution in [-0.2, 0) is 24.3 Å². The molecule has 0 saturated carbocycles. The number of pyridine rings is 1. The summed E-state index contributed by atoms with van der Waals surface area (Å²) in [6.45, 7) is 5.43. The van der Waals surface area contributed by atoms with Gasteiger partial charge in [0.1, 0.15) is 5.82 Å². The Hall–Kier alpha value is -3.22. The predicted molar refractivity (Wildman–Crippen MR) is 109 cm³/mol. The average Bonchev–Trinajstić information content (AvgIpc) is 3.11. The molecule has 0 N–H and O–H groups in total. The fourth-order valence-electron chi connectivity index (χ4n) is 3.98. The first-order chi connectivity index (χ1) is 14.0. The van der Waals surface area contributed by atoms with Gasteiger partial charge >= 0.3 is 0 Å². The van der Waals surface area contributed by atoms with Crippen molar-refractivity contribution in [3.63, 3.8) is 0 Å². The fourth-order valence-corrected chi connectivity index (χ4v) is 3.98. The third-order valence-corrected chi connectivity index (χ3v) is 5.47. The maximum atomic E-state index is 12.8. The number of aromatic nitrogens is 4. The second kappa shape index (κ2) is 8.03. The molecule has 2 aromatic heterocycles. The molecule has 0 fully saturated rings. The van der Waals surface area contributed by atoms with Crippen LogP contribution in [0.15, 0.2) is 53.3 Å². The highest BCUT2D eigenvalue weighted by Gasteiger charge is 2.29. The maximum Gasteiger partial charge on any atom is 0.250 e. The molecule has 0 saturated heterocycles. The highest BCUT2D eigenvalue weighted by atomic mass is 16.2. The second-order valence-electron chi connectivity index (χ2n) is 7.60. The zero-order valence-electron chi connectivity index (χ0n) is 16.8. The van der Waals surface area contributed by atoms with Gasteiger partial charge in [0.2, 0.25) is 5.91 Å². The van der Waals surface area contributed by atoms with Crippen molar-refractivity contribution in [2.75, 3.05) is 6.54 Å². The Kier molecular flexibility index (Phi) is 5.29. The van der Waals surface area contributed by atoms with E-state index in [1.54, 1.807) is 10.6 Å². The molecule has 1 aliphatic heterocycles. The van der Waals surface area contributed by atoms with E-state index in [0.717, 1.165) is 23.8 Å². The Labute approximate surface area is 169 Å². The molecule has 4 rings (SSSR count). The summed E-state index contributed by atoms with van der Waals surface area (Å²) in [7, 11) is 0. The number of amides is 1. The van der Waals surface area contributed by atoms with Crippen molar-refractivity contribution in [3.05, 3.63) is 81.8 Å². The van der Waals surface area contributed by atoms with Gasteiger partial charge in [-0.3, -0.25) is 9.59 Å². The molecule has 1 aliphatic rings. The number of benzene rings is 1. The molecule has 7 heteroatoms. The zero-order valence-corrected chi connectivity index (χ0v) is 16.8. The van der Waals surface area contributed by atoms with Crippen LogP contribution in [0.4, 0.5) is 0 Å². The summed E-state index contributed by atoms with van der Waals surface area (Å²) in [5.41, 5.74) is 1.98. The van der Waals surface area contributed by atoms with E-state index >= 15 is 0 Å². The third kappa shape index (κ3) is 3.99. The van der Waals surface area contributed by atoms with E-state index in [1.165, 1.54) is 11.6 Å². The number of hydrogen-bond donors (Lipinski definition) is 0. The number of carbonyl (C=O) groups excluding carboxylic acids is 1. The summed E-state index contributed by atoms with van der Waals surface area (Å²) in [6.07, 6.45) is 1.02. The highest BCUT2D eigenvalue weighted by molar-refractivity contribution is 5.76. The Balaban J connectivity index is 1.45. The van der Waals surface area contributed by atoms with Crippen LogP contribution < -0.4 is 5.56 Å². The minimum atomic E-state index is -0.0740. The summed E-state index contributed by atoms with van der Waals surface area (Å²) >= 11 is 0. The molecule has 1 aromatic carbocycles. The van der Waals surface area contributed by atoms with E-state index in [4.69, 9.17) is 0 Å². The molecular weight excluding hydrogens is 366 g/mol. The summed E-state index contributed by atoms with van der Waals surface area (Å²) < 4.78 is 3.80. The van der Waals surface area contributed by atoms with E-state index in [-0.39, 0.29) is 17.5 Å². The first-order valence-electron chi connectivity index (χ1n) is 9.93. The lowest BCUT2D eigenvalue weighted by molar-refractivity contribution is -0.133. The van der Waals surface area contributed by atoms with Crippen molar-refractivity contribution in [1.29, 1.82) is 0 Å². The lowest BCUT2D eigenvalue weighted by atomic mass is 10.1. The summed E-state index contributed by atoms with van der Waals surface area (Å²) in [5, 5.41) is 8.73. The SMILES string of the molecule is Cc1cccc(=O)n1CCC(=O)N1Cc2nnc(Cc3ccccc3)n2[C@@H](C)C1. The number of hydrogen-bond acceptors (Lipinski definition) is 4. The molecule has 0 unspecified atom stereocenters. The van der Waals surface area contributed by atoms with E-state index in [9.17, 15) is 9.59 Å². The Bertz CT molecular complexity index is 1070. The molecule has 0 radical (unpaired) electrons. The van der Waals surface area contributed by atoms with Gasteiger partial charge in [-0.05, 0) is 25.5 Å². The summed E-state index contributed by atoms with van der Waals surface area (Å²) in [4.78, 5) is 26.6. The van der Waals surface area contributed by atoms with Crippen molar-refractivity contribution in [2.45, 2.75) is 45.8 Å². The maximum absolute atomic E-state index is 12.8. The molecule has 7 nitrogen and oxygen atoms in total. The van der Waals surface area contributed by atoms with Crippen LogP contribution >= 0.6 is 0 Å². The van der Waals surface area contributed by atoms with Gasteiger partial charge in [-0.15, -0.1) is 10.2 Å². The lowest BCUT2D eigenvalue weighted by Crippen LogP contribution is -2.41. The van der Waals surface area contributed by atoms with Gasteiger partial charge in [-0.2, -0.15) is 0 Å². The number of carbonyl (C=O) groups is 1. The van der Waals surface area contributed by atoms with Crippen molar-refractivity contribution in [3.8, 4) is 0 Å². The molecule has 0 spiro atoms. The largest absolute Gasteiger partial charge is 0.333 e. The molecule has 3 aromatic rings. The van der Waals surface area contributed by atoms with Crippen LogP contribution in [0.5, 0.6) is 0 Å². The second-order valence-corrected chi connectivity index (χ2v) is 7.60. The summed E-state index contributed by atoms with van der Waals surface area (Å²) in [6, 6.07) is 15.5. The van der Waals surface area contributed by atoms with Gasteiger partial charge in [0.05, 0.1) is 12.6 Å². The molecule has 29 heavy (non-hydrogen) atoms. The van der Waals surface area contributed by atoms with Crippen molar-refractivity contribution >= 4 is 5.91 Å². The quantitative estimate of drug-likeness (QED) is 0.669. The van der Waals surface area contributed by atoms with E-state index < -0.39 is 0 Å². The Morgan fingerprint density at radius 1 is 1.10 bits per heavy atom. The van der Waals surface area contributed by atoms with Gasteiger partial charge in [-0.1, -0.05) is 36.4 Å². The molecule has 3 heterocycles. The fraction of sp³-hybridized carbons (Fsp3) is 0.364. The standard InChI is InChI=1S/C22H25N5O2/c1-16-7-6-10-22(29)26(16)12-11-21(28)25-14-17(2)27-19(23-24-20(27)15-25)13-18-8-4-3-5-9-18/h3-10,17H,11-15H2,1-2H3/t17-/m0/s1. The van der Waals surface area contributed by atoms with E-state index in [2.05, 4.69) is 33.8 Å². The van der Waals surface area contributed by atoms with Crippen LogP contribution in [0.25, 0.3) is 0 Å². The Morgan fingerprint density at radius 3 is 2.66 bits per heavy atom. The zero-order chi connectivity index (χ0) is 20.4. The molecule has 1 atom stereocenters. The van der Waals surface area contributed by atoms with Crippen LogP contribution in [0, 0.1) is 6.92 Å². The first kappa shape index (κ1) is 19.1.